The Balaban J connectivity index is 1.28. The summed E-state index contributed by atoms with van der Waals surface area (Å²) < 4.78 is 16.9. The number of amides is 3. The second-order valence-electron chi connectivity index (χ2n) is 6.60. The van der Waals surface area contributed by atoms with Crippen LogP contribution < -0.4 is 16.0 Å². The predicted octanol–water partition coefficient (Wildman–Crippen LogP) is 2.59. The lowest BCUT2D eigenvalue weighted by atomic mass is 10.1. The minimum absolute atomic E-state index is 0.218. The highest BCUT2D eigenvalue weighted by Crippen LogP contribution is 2.29. The van der Waals surface area contributed by atoms with Gasteiger partial charge < -0.3 is 24.8 Å². The van der Waals surface area contributed by atoms with Crippen LogP contribution in [0.1, 0.15) is 0 Å². The van der Waals surface area contributed by atoms with Gasteiger partial charge in [-0.05, 0) is 24.3 Å². The summed E-state index contributed by atoms with van der Waals surface area (Å²) in [4.78, 5) is 24.3. The average Bonchev–Trinajstić information content (AvgIpc) is 3.27. The Hall–Kier alpha value is -3.10. The number of ether oxygens (including phenoxy) is 3. The minimum Gasteiger partial charge on any atom is -0.441 e. The van der Waals surface area contributed by atoms with Gasteiger partial charge in [0.2, 0.25) is 0 Å². The summed E-state index contributed by atoms with van der Waals surface area (Å²) in [6.07, 6.45) is -1.88. The highest BCUT2D eigenvalue weighted by Gasteiger charge is 2.50. The molecule has 0 aromatic heterocycles. The maximum atomic E-state index is 12.2. The van der Waals surface area contributed by atoms with Crippen molar-refractivity contribution in [1.82, 2.24) is 5.32 Å². The van der Waals surface area contributed by atoms with Gasteiger partial charge in [-0.25, -0.2) is 9.59 Å². The number of fused-ring (bicyclic) bond motifs is 1. The van der Waals surface area contributed by atoms with Crippen LogP contribution in [0.25, 0.3) is 0 Å². The third-order valence-corrected chi connectivity index (χ3v) is 4.63. The van der Waals surface area contributed by atoms with Crippen molar-refractivity contribution in [3.05, 3.63) is 60.7 Å². The third-order valence-electron chi connectivity index (χ3n) is 4.63. The molecule has 0 radical (unpaired) electrons. The molecule has 4 unspecified atom stereocenters. The zero-order chi connectivity index (χ0) is 19.3. The number of para-hydroxylation sites is 2. The van der Waals surface area contributed by atoms with Crippen molar-refractivity contribution in [2.24, 2.45) is 0 Å². The van der Waals surface area contributed by atoms with Gasteiger partial charge in [-0.2, -0.15) is 0 Å². The molecule has 4 rings (SSSR count). The van der Waals surface area contributed by atoms with Crippen LogP contribution in [0.4, 0.5) is 21.0 Å². The normalized spacial score (nSPS) is 25.6. The first-order chi connectivity index (χ1) is 13.7. The van der Waals surface area contributed by atoms with Crippen LogP contribution in [0.2, 0.25) is 0 Å². The van der Waals surface area contributed by atoms with Crippen molar-refractivity contribution in [2.45, 2.75) is 24.4 Å². The van der Waals surface area contributed by atoms with E-state index in [1.54, 1.807) is 24.3 Å². The Morgan fingerprint density at radius 3 is 2.11 bits per heavy atom. The zero-order valence-electron chi connectivity index (χ0n) is 15.0. The smallest absolute Gasteiger partial charge is 0.412 e. The van der Waals surface area contributed by atoms with Crippen LogP contribution >= 0.6 is 0 Å². The van der Waals surface area contributed by atoms with Gasteiger partial charge in [-0.15, -0.1) is 0 Å². The molecule has 2 aliphatic heterocycles. The van der Waals surface area contributed by atoms with Gasteiger partial charge in [0.15, 0.2) is 6.10 Å². The zero-order valence-corrected chi connectivity index (χ0v) is 15.0. The fourth-order valence-corrected chi connectivity index (χ4v) is 3.35. The molecule has 146 valence electrons. The molecule has 2 heterocycles. The van der Waals surface area contributed by atoms with E-state index in [9.17, 15) is 9.59 Å². The van der Waals surface area contributed by atoms with E-state index in [0.717, 1.165) is 0 Å². The monoisotopic (exact) mass is 383 g/mol. The fraction of sp³-hybridized carbons (Fsp3) is 0.300. The van der Waals surface area contributed by atoms with Gasteiger partial charge >= 0.3 is 12.1 Å². The van der Waals surface area contributed by atoms with E-state index in [-0.39, 0.29) is 31.4 Å². The first-order valence-corrected chi connectivity index (χ1v) is 9.07. The molecule has 8 heteroatoms. The number of anilines is 2. The Bertz CT molecular complexity index is 748. The largest absolute Gasteiger partial charge is 0.441 e. The topological polar surface area (TPSA) is 97.9 Å². The molecule has 8 nitrogen and oxygen atoms in total. The van der Waals surface area contributed by atoms with Crippen molar-refractivity contribution >= 4 is 23.5 Å². The minimum atomic E-state index is -0.567. The van der Waals surface area contributed by atoms with E-state index in [2.05, 4.69) is 16.0 Å². The highest BCUT2D eigenvalue weighted by molar-refractivity contribution is 5.89. The van der Waals surface area contributed by atoms with E-state index in [4.69, 9.17) is 14.2 Å². The molecule has 2 fully saturated rings. The highest BCUT2D eigenvalue weighted by atomic mass is 16.6. The Morgan fingerprint density at radius 2 is 1.43 bits per heavy atom. The molecular formula is C20H21N3O5. The summed E-state index contributed by atoms with van der Waals surface area (Å²) in [6.45, 7) is 0.508. The van der Waals surface area contributed by atoms with Crippen LogP contribution in [0.15, 0.2) is 60.7 Å². The van der Waals surface area contributed by atoms with Gasteiger partial charge in [-0.1, -0.05) is 36.4 Å². The molecule has 3 N–H and O–H groups in total. The molecule has 0 aliphatic carbocycles. The summed E-state index contributed by atoms with van der Waals surface area (Å²) in [5.41, 5.74) is 1.34. The van der Waals surface area contributed by atoms with E-state index >= 15 is 0 Å². The molecule has 4 atom stereocenters. The molecule has 0 spiro atoms. The summed E-state index contributed by atoms with van der Waals surface area (Å²) in [5.74, 6) is 0. The number of hydrogen-bond acceptors (Lipinski definition) is 5. The summed E-state index contributed by atoms with van der Waals surface area (Å²) in [5, 5.41) is 8.29. The van der Waals surface area contributed by atoms with E-state index in [1.807, 2.05) is 36.4 Å². The molecule has 0 saturated carbocycles. The molecule has 2 aliphatic rings. The average molecular weight is 383 g/mol. The maximum absolute atomic E-state index is 12.2. The quantitative estimate of drug-likeness (QED) is 0.754. The van der Waals surface area contributed by atoms with E-state index < -0.39 is 18.3 Å². The number of carbonyl (C=O) groups excluding carboxylic acids is 2. The van der Waals surface area contributed by atoms with Crippen LogP contribution in [0, 0.1) is 0 Å². The summed E-state index contributed by atoms with van der Waals surface area (Å²) >= 11 is 0. The lowest BCUT2D eigenvalue weighted by molar-refractivity contribution is 0.00874. The molecular weight excluding hydrogens is 362 g/mol. The Labute approximate surface area is 162 Å². The Kier molecular flexibility index (Phi) is 5.41. The maximum Gasteiger partial charge on any atom is 0.412 e. The first-order valence-electron chi connectivity index (χ1n) is 9.07. The second-order valence-corrected chi connectivity index (χ2v) is 6.60. The number of benzene rings is 2. The summed E-state index contributed by atoms with van der Waals surface area (Å²) in [6, 6.07) is 17.5. The van der Waals surface area contributed by atoms with Crippen LogP contribution in [-0.4, -0.2) is 49.7 Å². The van der Waals surface area contributed by atoms with Gasteiger partial charge in [0, 0.05) is 11.4 Å². The third kappa shape index (κ3) is 4.24. The van der Waals surface area contributed by atoms with Crippen LogP contribution in [0.3, 0.4) is 0 Å². The summed E-state index contributed by atoms with van der Waals surface area (Å²) in [7, 11) is 0. The van der Waals surface area contributed by atoms with Crippen molar-refractivity contribution in [3.8, 4) is 0 Å². The predicted molar refractivity (Wildman–Crippen MR) is 102 cm³/mol. The lowest BCUT2D eigenvalue weighted by Crippen LogP contribution is -2.46. The van der Waals surface area contributed by atoms with Gasteiger partial charge in [-0.3, -0.25) is 5.32 Å². The van der Waals surface area contributed by atoms with Crippen molar-refractivity contribution in [2.75, 3.05) is 23.8 Å². The van der Waals surface area contributed by atoms with Crippen LogP contribution in [-0.2, 0) is 14.2 Å². The number of rotatable bonds is 4. The molecule has 2 aromatic carbocycles. The van der Waals surface area contributed by atoms with Crippen molar-refractivity contribution in [3.63, 3.8) is 0 Å². The molecule has 28 heavy (non-hydrogen) atoms. The van der Waals surface area contributed by atoms with Crippen molar-refractivity contribution in [1.29, 1.82) is 0 Å². The Morgan fingerprint density at radius 1 is 0.821 bits per heavy atom. The molecule has 2 saturated heterocycles. The molecule has 2 aromatic rings. The number of nitrogens with one attached hydrogen (secondary N) is 3. The molecule has 3 amide bonds. The van der Waals surface area contributed by atoms with E-state index in [0.29, 0.717) is 11.4 Å². The van der Waals surface area contributed by atoms with E-state index in [1.165, 1.54) is 0 Å². The van der Waals surface area contributed by atoms with Crippen molar-refractivity contribution < 1.29 is 23.8 Å². The number of hydrogen-bond donors (Lipinski definition) is 3. The van der Waals surface area contributed by atoms with Gasteiger partial charge in [0.1, 0.15) is 12.2 Å². The lowest BCUT2D eigenvalue weighted by Gasteiger charge is -2.18. The number of urea groups is 1. The number of carbonyl (C=O) groups is 2. The standard InChI is InChI=1S/C20H21N3O5/c24-19(21-13-7-3-1-4-8-13)23-15-11-26-18-16(12-27-17(15)18)28-20(25)22-14-9-5-2-6-10-14/h1-10,15-18H,11-12H2,(H,22,25)(H2,21,23,24). The van der Waals surface area contributed by atoms with Crippen LogP contribution in [0.5, 0.6) is 0 Å². The van der Waals surface area contributed by atoms with Gasteiger partial charge in [0.25, 0.3) is 0 Å². The van der Waals surface area contributed by atoms with Gasteiger partial charge in [0.05, 0.1) is 19.3 Å². The first kappa shape index (κ1) is 18.3. The fourth-order valence-electron chi connectivity index (χ4n) is 3.35. The SMILES string of the molecule is O=C(Nc1ccccc1)NC1COC2C(OC(=O)Nc3ccccc3)COC12. The molecule has 0 bridgehead atoms. The second kappa shape index (κ2) is 8.28.